The van der Waals surface area contributed by atoms with Gasteiger partial charge in [0.2, 0.25) is 11.6 Å². The first-order valence-electron chi connectivity index (χ1n) is 19.5. The zero-order valence-electron chi connectivity index (χ0n) is 33.3. The Labute approximate surface area is 348 Å². The van der Waals surface area contributed by atoms with E-state index in [9.17, 15) is 0 Å². The first kappa shape index (κ1) is 37.0. The van der Waals surface area contributed by atoms with Crippen molar-refractivity contribution in [3.63, 3.8) is 0 Å². The average Bonchev–Trinajstić information content (AvgIpc) is 3.99. The summed E-state index contributed by atoms with van der Waals surface area (Å²) in [6.45, 7) is 6.18. The average molecular weight is 816 g/mol. The lowest BCUT2D eigenvalue weighted by atomic mass is 10.1. The number of hydrogen-bond donors (Lipinski definition) is 4. The fraction of sp³-hybridized carbons (Fsp3) is 0.163. The topological polar surface area (TPSA) is 187 Å². The number of hydrogen-bond acceptors (Lipinski definition) is 15. The minimum atomic E-state index is 0.467. The monoisotopic (exact) mass is 815 g/mol. The molecule has 0 bridgehead atoms. The van der Waals surface area contributed by atoms with E-state index in [2.05, 4.69) is 46.5 Å². The van der Waals surface area contributed by atoms with Gasteiger partial charge in [0, 0.05) is 96.2 Å². The number of ether oxygens (including phenoxy) is 2. The number of aromatic nitrogens is 8. The summed E-state index contributed by atoms with van der Waals surface area (Å²) in [5.41, 5.74) is 10.8. The number of imidazole rings is 2. The first-order valence-corrected chi connectivity index (χ1v) is 19.5. The Bertz CT molecular complexity index is 2980. The van der Waals surface area contributed by atoms with Crippen LogP contribution in [-0.2, 0) is 4.84 Å². The van der Waals surface area contributed by atoms with Gasteiger partial charge in [0.05, 0.1) is 22.8 Å². The van der Waals surface area contributed by atoms with Gasteiger partial charge in [-0.2, -0.15) is 0 Å². The van der Waals surface area contributed by atoms with Crippen molar-refractivity contribution in [2.24, 2.45) is 10.3 Å². The Balaban J connectivity index is 0.894. The van der Waals surface area contributed by atoms with E-state index >= 15 is 0 Å². The molecule has 4 N–H and O–H groups in total. The smallest absolute Gasteiger partial charge is 0.350 e. The summed E-state index contributed by atoms with van der Waals surface area (Å²) < 4.78 is 17.1. The van der Waals surface area contributed by atoms with Gasteiger partial charge in [-0.15, -0.1) is 0 Å². The minimum Gasteiger partial charge on any atom is -0.474 e. The van der Waals surface area contributed by atoms with Crippen LogP contribution in [0.15, 0.2) is 121 Å². The van der Waals surface area contributed by atoms with Gasteiger partial charge in [0.1, 0.15) is 26.0 Å². The van der Waals surface area contributed by atoms with E-state index < -0.39 is 0 Å². The highest BCUT2D eigenvalue weighted by molar-refractivity contribution is 5.99. The van der Waals surface area contributed by atoms with E-state index in [1.807, 2.05) is 108 Å². The van der Waals surface area contributed by atoms with Crippen LogP contribution in [0.1, 0.15) is 25.0 Å². The molecule has 0 atom stereocenters. The summed E-state index contributed by atoms with van der Waals surface area (Å²) in [4.78, 5) is 34.5. The molecular weight excluding hydrogens is 777 g/mol. The van der Waals surface area contributed by atoms with E-state index in [0.29, 0.717) is 65.9 Å². The molecule has 0 radical (unpaired) electrons. The van der Waals surface area contributed by atoms with Gasteiger partial charge in [-0.25, -0.2) is 24.9 Å². The molecule has 2 aliphatic heterocycles. The molecule has 0 aliphatic carbocycles. The van der Waals surface area contributed by atoms with Gasteiger partial charge in [0.25, 0.3) is 0 Å². The standard InChI is InChI=1S/C43H39N14O4/c1-26(53-58-3)28-4-8-32(9-5-28)50-39-41-47-13-17-56(41)25-37(52-39)31-21-35-43(60-19-15-45-35)57(23-31)61-54-27(2)29-6-10-33(11-7-29)49-38-40-46-12-16-55(40)24-36(51-38)30-20-34-42(48-22-30)59-18-14-44-34/h4-13,16-17,20-25,44-45H,14-15,18-19H2,1-3H3,(H,49,51)(H,50,52)/q+1. The molecule has 8 heterocycles. The van der Waals surface area contributed by atoms with Crippen LogP contribution in [0, 0.1) is 0 Å². The maximum Gasteiger partial charge on any atom is 0.350 e. The van der Waals surface area contributed by atoms with Gasteiger partial charge >= 0.3 is 5.88 Å². The van der Waals surface area contributed by atoms with Crippen LogP contribution in [-0.4, -0.2) is 78.6 Å². The maximum atomic E-state index is 6.09. The van der Waals surface area contributed by atoms with Crippen LogP contribution in [0.3, 0.4) is 0 Å². The van der Waals surface area contributed by atoms with Crippen molar-refractivity contribution < 1.29 is 24.0 Å². The molecule has 6 aromatic heterocycles. The Morgan fingerprint density at radius 2 is 1.30 bits per heavy atom. The highest BCUT2D eigenvalue weighted by atomic mass is 16.8. The van der Waals surface area contributed by atoms with Crippen LogP contribution in [0.25, 0.3) is 33.8 Å². The summed E-state index contributed by atoms with van der Waals surface area (Å²) in [6.07, 6.45) is 14.7. The number of anilines is 6. The lowest BCUT2D eigenvalue weighted by Gasteiger charge is -2.18. The normalized spacial score (nSPS) is 13.6. The molecule has 0 unspecified atom stereocenters. The Kier molecular flexibility index (Phi) is 9.60. The van der Waals surface area contributed by atoms with Crippen molar-refractivity contribution >= 4 is 57.1 Å². The molecule has 10 rings (SSSR count). The molecule has 304 valence electrons. The molecule has 0 fully saturated rings. The molecule has 8 aromatic rings. The van der Waals surface area contributed by atoms with Gasteiger partial charge in [-0.3, -0.25) is 0 Å². The number of nitrogens with one attached hydrogen (secondary N) is 4. The molecule has 2 aliphatic rings. The molecule has 61 heavy (non-hydrogen) atoms. The first-order chi connectivity index (χ1) is 30.0. The number of rotatable bonds is 11. The van der Waals surface area contributed by atoms with Gasteiger partial charge in [0.15, 0.2) is 34.3 Å². The second kappa shape index (κ2) is 15.8. The fourth-order valence-electron chi connectivity index (χ4n) is 7.05. The molecule has 0 amide bonds. The Morgan fingerprint density at radius 3 is 1.93 bits per heavy atom. The van der Waals surface area contributed by atoms with Crippen molar-refractivity contribution in [3.8, 4) is 34.3 Å². The van der Waals surface area contributed by atoms with Crippen LogP contribution >= 0.6 is 0 Å². The zero-order chi connectivity index (χ0) is 41.3. The number of oxime groups is 2. The molecule has 18 nitrogen and oxygen atoms in total. The number of nitrogens with zero attached hydrogens (tertiary/aromatic N) is 10. The van der Waals surface area contributed by atoms with E-state index in [4.69, 9.17) is 29.2 Å². The molecule has 0 spiro atoms. The Hall–Kier alpha value is -8.28. The summed E-state index contributed by atoms with van der Waals surface area (Å²) in [7, 11) is 1.53. The predicted octanol–water partition coefficient (Wildman–Crippen LogP) is 6.11. The van der Waals surface area contributed by atoms with Gasteiger partial charge in [-0.1, -0.05) is 22.2 Å². The van der Waals surface area contributed by atoms with Gasteiger partial charge < -0.3 is 44.4 Å². The minimum absolute atomic E-state index is 0.467. The van der Waals surface area contributed by atoms with Crippen molar-refractivity contribution in [1.82, 2.24) is 33.7 Å². The molecular formula is C43H39N14O4+. The second-order valence-corrected chi connectivity index (χ2v) is 14.2. The van der Waals surface area contributed by atoms with Crippen molar-refractivity contribution in [2.45, 2.75) is 13.8 Å². The molecule has 18 heteroatoms. The highest BCUT2D eigenvalue weighted by Gasteiger charge is 2.25. The Morgan fingerprint density at radius 1 is 0.721 bits per heavy atom. The SMILES string of the molecule is CON=C(C)c1ccc(Nc2nc(-c3cc4c([n+](ON=C(C)c5ccc(Nc6nc(-c7cnc8c(c7)NCCO8)cn7ccnc67)cc5)c3)OCCN4)cn3ccnc23)cc1. The van der Waals surface area contributed by atoms with Crippen LogP contribution in [0.2, 0.25) is 0 Å². The van der Waals surface area contributed by atoms with E-state index in [0.717, 1.165) is 63.0 Å². The highest BCUT2D eigenvalue weighted by Crippen LogP contribution is 2.32. The summed E-state index contributed by atoms with van der Waals surface area (Å²) >= 11 is 0. The lowest BCUT2D eigenvalue weighted by Crippen LogP contribution is -2.44. The molecule has 2 aromatic carbocycles. The maximum absolute atomic E-state index is 6.09. The van der Waals surface area contributed by atoms with Crippen molar-refractivity contribution in [2.75, 3.05) is 54.7 Å². The predicted molar refractivity (Wildman–Crippen MR) is 230 cm³/mol. The summed E-state index contributed by atoms with van der Waals surface area (Å²) in [5, 5.41) is 22.2. The third-order valence-electron chi connectivity index (χ3n) is 10.1. The molecule has 0 saturated heterocycles. The fourth-order valence-corrected chi connectivity index (χ4v) is 7.05. The van der Waals surface area contributed by atoms with E-state index in [1.54, 1.807) is 24.8 Å². The zero-order valence-corrected chi connectivity index (χ0v) is 33.3. The number of pyridine rings is 2. The van der Waals surface area contributed by atoms with E-state index in [1.165, 1.54) is 11.8 Å². The third kappa shape index (κ3) is 7.48. The largest absolute Gasteiger partial charge is 0.474 e. The van der Waals surface area contributed by atoms with Crippen molar-refractivity contribution in [1.29, 1.82) is 0 Å². The quantitative estimate of drug-likeness (QED) is 0.0667. The van der Waals surface area contributed by atoms with Crippen LogP contribution in [0.5, 0.6) is 11.8 Å². The van der Waals surface area contributed by atoms with Crippen LogP contribution in [0.4, 0.5) is 34.4 Å². The summed E-state index contributed by atoms with van der Waals surface area (Å²) in [5.74, 6) is 2.27. The van der Waals surface area contributed by atoms with Gasteiger partial charge in [-0.05, 0) is 61.0 Å². The summed E-state index contributed by atoms with van der Waals surface area (Å²) in [6, 6.07) is 19.7. The van der Waals surface area contributed by atoms with Crippen LogP contribution < -0.4 is 40.4 Å². The number of benzene rings is 2. The number of fused-ring (bicyclic) bond motifs is 4. The lowest BCUT2D eigenvalue weighted by molar-refractivity contribution is -0.894. The second-order valence-electron chi connectivity index (χ2n) is 14.2. The van der Waals surface area contributed by atoms with Crippen molar-refractivity contribution in [3.05, 3.63) is 121 Å². The van der Waals surface area contributed by atoms with E-state index in [-0.39, 0.29) is 0 Å². The third-order valence-corrected chi connectivity index (χ3v) is 10.1. The molecule has 0 saturated carbocycles.